The quantitative estimate of drug-likeness (QED) is 0.759. The van der Waals surface area contributed by atoms with Crippen molar-refractivity contribution in [3.05, 3.63) is 24.3 Å². The van der Waals surface area contributed by atoms with Crippen molar-refractivity contribution in [2.45, 2.75) is 19.8 Å². The Bertz CT molecular complexity index is 412. The van der Waals surface area contributed by atoms with Gasteiger partial charge >= 0.3 is 0 Å². The molecule has 0 saturated carbocycles. The van der Waals surface area contributed by atoms with Crippen LogP contribution in [0.25, 0.3) is 0 Å². The van der Waals surface area contributed by atoms with Gasteiger partial charge in [-0.05, 0) is 24.3 Å². The number of benzene rings is 1. The molecule has 17 heavy (non-hydrogen) atoms. The van der Waals surface area contributed by atoms with Gasteiger partial charge in [0.05, 0.1) is 0 Å². The topological polar surface area (TPSA) is 75.3 Å². The SMILES string of the molecule is CC(=O)Nc1ccc(NC(=O)CCC=O)cc1. The molecule has 0 aliphatic carbocycles. The first-order valence-electron chi connectivity index (χ1n) is 5.23. The van der Waals surface area contributed by atoms with Crippen molar-refractivity contribution in [3.63, 3.8) is 0 Å². The Balaban J connectivity index is 2.53. The van der Waals surface area contributed by atoms with E-state index >= 15 is 0 Å². The lowest BCUT2D eigenvalue weighted by atomic mass is 10.2. The summed E-state index contributed by atoms with van der Waals surface area (Å²) in [6.07, 6.45) is 1.10. The number of anilines is 2. The van der Waals surface area contributed by atoms with Gasteiger partial charge in [-0.1, -0.05) is 0 Å². The fraction of sp³-hybridized carbons (Fsp3) is 0.250. The molecular weight excluding hydrogens is 220 g/mol. The highest BCUT2D eigenvalue weighted by Gasteiger charge is 2.02. The van der Waals surface area contributed by atoms with Crippen LogP contribution in [0.2, 0.25) is 0 Å². The monoisotopic (exact) mass is 234 g/mol. The molecule has 0 heterocycles. The van der Waals surface area contributed by atoms with E-state index in [1.807, 2.05) is 0 Å². The highest BCUT2D eigenvalue weighted by molar-refractivity contribution is 5.92. The Labute approximate surface area is 99.2 Å². The van der Waals surface area contributed by atoms with Gasteiger partial charge in [-0.25, -0.2) is 0 Å². The number of aldehydes is 1. The Kier molecular flexibility index (Phi) is 4.87. The van der Waals surface area contributed by atoms with Crippen molar-refractivity contribution in [1.29, 1.82) is 0 Å². The minimum Gasteiger partial charge on any atom is -0.326 e. The molecule has 90 valence electrons. The van der Waals surface area contributed by atoms with E-state index in [2.05, 4.69) is 10.6 Å². The molecule has 0 aromatic heterocycles. The van der Waals surface area contributed by atoms with E-state index in [4.69, 9.17) is 0 Å². The van der Waals surface area contributed by atoms with Crippen LogP contribution in [0, 0.1) is 0 Å². The zero-order valence-corrected chi connectivity index (χ0v) is 9.53. The van der Waals surface area contributed by atoms with Gasteiger partial charge in [0.15, 0.2) is 0 Å². The summed E-state index contributed by atoms with van der Waals surface area (Å²) >= 11 is 0. The van der Waals surface area contributed by atoms with Crippen molar-refractivity contribution in [2.75, 3.05) is 10.6 Å². The molecule has 1 aromatic carbocycles. The van der Waals surface area contributed by atoms with Gasteiger partial charge in [-0.2, -0.15) is 0 Å². The molecule has 2 N–H and O–H groups in total. The molecule has 0 unspecified atom stereocenters. The van der Waals surface area contributed by atoms with Crippen LogP contribution in [-0.2, 0) is 14.4 Å². The van der Waals surface area contributed by atoms with Crippen LogP contribution in [0.5, 0.6) is 0 Å². The van der Waals surface area contributed by atoms with Crippen LogP contribution < -0.4 is 10.6 Å². The summed E-state index contributed by atoms with van der Waals surface area (Å²) in [5.74, 6) is -0.350. The van der Waals surface area contributed by atoms with Gasteiger partial charge in [0.25, 0.3) is 0 Å². The lowest BCUT2D eigenvalue weighted by molar-refractivity contribution is -0.118. The molecular formula is C12H14N2O3. The Morgan fingerprint density at radius 1 is 1.12 bits per heavy atom. The number of hydrogen-bond donors (Lipinski definition) is 2. The second-order valence-corrected chi connectivity index (χ2v) is 3.51. The predicted molar refractivity (Wildman–Crippen MR) is 64.7 cm³/mol. The van der Waals surface area contributed by atoms with Gasteiger partial charge in [0.1, 0.15) is 6.29 Å². The Morgan fingerprint density at radius 2 is 1.65 bits per heavy atom. The van der Waals surface area contributed by atoms with Crippen molar-refractivity contribution < 1.29 is 14.4 Å². The highest BCUT2D eigenvalue weighted by Crippen LogP contribution is 2.13. The van der Waals surface area contributed by atoms with Crippen LogP contribution in [-0.4, -0.2) is 18.1 Å². The molecule has 2 amide bonds. The molecule has 0 aliphatic heterocycles. The molecule has 0 saturated heterocycles. The lowest BCUT2D eigenvalue weighted by Gasteiger charge is -2.06. The fourth-order valence-electron chi connectivity index (χ4n) is 1.25. The molecule has 1 aromatic rings. The van der Waals surface area contributed by atoms with Crippen LogP contribution in [0.1, 0.15) is 19.8 Å². The third kappa shape index (κ3) is 4.92. The number of rotatable bonds is 5. The summed E-state index contributed by atoms with van der Waals surface area (Å²) in [6, 6.07) is 6.75. The minimum atomic E-state index is -0.204. The maximum atomic E-state index is 11.3. The molecule has 0 fully saturated rings. The van der Waals surface area contributed by atoms with Gasteiger partial charge < -0.3 is 15.4 Å². The number of nitrogens with one attached hydrogen (secondary N) is 2. The van der Waals surface area contributed by atoms with Gasteiger partial charge in [0, 0.05) is 31.1 Å². The third-order valence-electron chi connectivity index (χ3n) is 1.98. The van der Waals surface area contributed by atoms with Crippen LogP contribution >= 0.6 is 0 Å². The van der Waals surface area contributed by atoms with E-state index in [9.17, 15) is 14.4 Å². The third-order valence-corrected chi connectivity index (χ3v) is 1.98. The predicted octanol–water partition coefficient (Wildman–Crippen LogP) is 1.56. The normalized spacial score (nSPS) is 9.47. The van der Waals surface area contributed by atoms with E-state index in [1.54, 1.807) is 24.3 Å². The van der Waals surface area contributed by atoms with E-state index < -0.39 is 0 Å². The first kappa shape index (κ1) is 12.9. The molecule has 0 bridgehead atoms. The smallest absolute Gasteiger partial charge is 0.224 e. The molecule has 0 spiro atoms. The largest absolute Gasteiger partial charge is 0.326 e. The van der Waals surface area contributed by atoms with E-state index in [0.29, 0.717) is 17.7 Å². The molecule has 5 heteroatoms. The zero-order valence-electron chi connectivity index (χ0n) is 9.53. The van der Waals surface area contributed by atoms with Crippen LogP contribution in [0.3, 0.4) is 0 Å². The lowest BCUT2D eigenvalue weighted by Crippen LogP contribution is -2.11. The average Bonchev–Trinajstić information content (AvgIpc) is 2.28. The summed E-state index contributed by atoms with van der Waals surface area (Å²) in [5, 5.41) is 5.27. The molecule has 0 atom stereocenters. The van der Waals surface area contributed by atoms with Gasteiger partial charge in [0.2, 0.25) is 11.8 Å². The number of hydrogen-bond acceptors (Lipinski definition) is 3. The van der Waals surface area contributed by atoms with E-state index in [1.165, 1.54) is 6.92 Å². The van der Waals surface area contributed by atoms with Gasteiger partial charge in [-0.3, -0.25) is 9.59 Å². The van der Waals surface area contributed by atoms with Gasteiger partial charge in [-0.15, -0.1) is 0 Å². The summed E-state index contributed by atoms with van der Waals surface area (Å²) in [7, 11) is 0. The number of carbonyl (C=O) groups is 3. The Hall–Kier alpha value is -2.17. The summed E-state index contributed by atoms with van der Waals surface area (Å²) in [6.45, 7) is 1.43. The van der Waals surface area contributed by atoms with Crippen molar-refractivity contribution in [2.24, 2.45) is 0 Å². The molecule has 5 nitrogen and oxygen atoms in total. The van der Waals surface area contributed by atoms with Crippen LogP contribution in [0.15, 0.2) is 24.3 Å². The molecule has 1 rings (SSSR count). The van der Waals surface area contributed by atoms with Crippen molar-refractivity contribution in [1.82, 2.24) is 0 Å². The maximum absolute atomic E-state index is 11.3. The highest BCUT2D eigenvalue weighted by atomic mass is 16.2. The number of carbonyl (C=O) groups excluding carboxylic acids is 3. The molecule has 0 aliphatic rings. The summed E-state index contributed by atoms with van der Waals surface area (Å²) in [4.78, 5) is 32.2. The fourth-order valence-corrected chi connectivity index (χ4v) is 1.25. The first-order valence-corrected chi connectivity index (χ1v) is 5.23. The maximum Gasteiger partial charge on any atom is 0.224 e. The first-order chi connectivity index (χ1) is 8.11. The van der Waals surface area contributed by atoms with E-state index in [0.717, 1.165) is 0 Å². The molecule has 0 radical (unpaired) electrons. The van der Waals surface area contributed by atoms with Crippen LogP contribution in [0.4, 0.5) is 11.4 Å². The minimum absolute atomic E-state index is 0.146. The van der Waals surface area contributed by atoms with Crippen molar-refractivity contribution >= 4 is 29.5 Å². The second kappa shape index (κ2) is 6.42. The second-order valence-electron chi connectivity index (χ2n) is 3.51. The Morgan fingerprint density at radius 3 is 2.12 bits per heavy atom. The zero-order chi connectivity index (χ0) is 12.7. The number of amides is 2. The summed E-state index contributed by atoms with van der Waals surface area (Å²) < 4.78 is 0. The summed E-state index contributed by atoms with van der Waals surface area (Å²) in [5.41, 5.74) is 1.30. The van der Waals surface area contributed by atoms with E-state index in [-0.39, 0.29) is 24.7 Å². The average molecular weight is 234 g/mol. The van der Waals surface area contributed by atoms with Crippen molar-refractivity contribution in [3.8, 4) is 0 Å². The standard InChI is InChI=1S/C12H14N2O3/c1-9(16)13-10-4-6-11(7-5-10)14-12(17)3-2-8-15/h4-8H,2-3H2,1H3,(H,13,16)(H,14,17).